The molecule has 0 amide bonds. The predicted octanol–water partition coefficient (Wildman–Crippen LogP) is 1.67. The highest BCUT2D eigenvalue weighted by atomic mass is 15.2. The molecule has 0 aliphatic rings. The zero-order chi connectivity index (χ0) is 9.07. The van der Waals surface area contributed by atoms with E-state index < -0.39 is 0 Å². The maximum absolute atomic E-state index is 3.53. The fraction of sp³-hybridized carbons (Fsp3) is 1.00. The molecule has 1 N–H and O–H groups in total. The molecule has 2 heteroatoms. The number of hydrogen-bond acceptors (Lipinski definition) is 2. The lowest BCUT2D eigenvalue weighted by molar-refractivity contribution is 0.193. The van der Waals surface area contributed by atoms with E-state index in [1.165, 1.54) is 0 Å². The van der Waals surface area contributed by atoms with Gasteiger partial charge in [0.05, 0.1) is 6.17 Å². The van der Waals surface area contributed by atoms with Crippen molar-refractivity contribution in [3.63, 3.8) is 0 Å². The molecule has 11 heavy (non-hydrogen) atoms. The van der Waals surface area contributed by atoms with Crippen LogP contribution in [0.3, 0.4) is 0 Å². The molecule has 0 saturated heterocycles. The maximum Gasteiger partial charge on any atom is 0.0593 e. The van der Waals surface area contributed by atoms with Crippen LogP contribution in [0.4, 0.5) is 0 Å². The third-order valence-electron chi connectivity index (χ3n) is 1.61. The number of nitrogens with one attached hydrogen (secondary N) is 1. The van der Waals surface area contributed by atoms with E-state index in [4.69, 9.17) is 0 Å². The van der Waals surface area contributed by atoms with E-state index in [9.17, 15) is 0 Å². The second-order valence-corrected chi connectivity index (χ2v) is 4.28. The fourth-order valence-electron chi connectivity index (χ4n) is 1.10. The summed E-state index contributed by atoms with van der Waals surface area (Å²) in [6.07, 6.45) is 1.64. The van der Waals surface area contributed by atoms with Crippen molar-refractivity contribution in [2.75, 3.05) is 14.1 Å². The summed E-state index contributed by atoms with van der Waals surface area (Å²) in [5.74, 6) is 0. The first kappa shape index (κ1) is 10.9. The first-order valence-corrected chi connectivity index (χ1v) is 4.31. The van der Waals surface area contributed by atoms with Crippen LogP contribution in [-0.4, -0.2) is 30.7 Å². The van der Waals surface area contributed by atoms with E-state index in [1.54, 1.807) is 0 Å². The van der Waals surface area contributed by atoms with Gasteiger partial charge in [0, 0.05) is 5.54 Å². The van der Waals surface area contributed by atoms with Gasteiger partial charge in [0.1, 0.15) is 0 Å². The van der Waals surface area contributed by atoms with E-state index in [1.807, 2.05) is 0 Å². The second-order valence-electron chi connectivity index (χ2n) is 4.28. The predicted molar refractivity (Wildman–Crippen MR) is 50.7 cm³/mol. The fourth-order valence-corrected chi connectivity index (χ4v) is 1.10. The highest BCUT2D eigenvalue weighted by Crippen LogP contribution is 2.04. The molecule has 2 nitrogen and oxygen atoms in total. The monoisotopic (exact) mass is 158 g/mol. The minimum Gasteiger partial charge on any atom is -0.297 e. The summed E-state index contributed by atoms with van der Waals surface area (Å²) >= 11 is 0. The molecule has 0 spiro atoms. The number of hydrogen-bond donors (Lipinski definition) is 1. The lowest BCUT2D eigenvalue weighted by Gasteiger charge is -2.32. The summed E-state index contributed by atoms with van der Waals surface area (Å²) in [5.41, 5.74) is 0.213. The Morgan fingerprint density at radius 2 is 1.73 bits per heavy atom. The minimum atomic E-state index is 0.213. The van der Waals surface area contributed by atoms with Crippen LogP contribution in [0.25, 0.3) is 0 Å². The molecule has 0 fully saturated rings. The molecule has 0 aromatic heterocycles. The topological polar surface area (TPSA) is 15.3 Å². The van der Waals surface area contributed by atoms with Crippen molar-refractivity contribution in [3.8, 4) is 0 Å². The van der Waals surface area contributed by atoms with Crippen LogP contribution >= 0.6 is 0 Å². The quantitative estimate of drug-likeness (QED) is 0.629. The van der Waals surface area contributed by atoms with Crippen molar-refractivity contribution in [1.29, 1.82) is 0 Å². The summed E-state index contributed by atoms with van der Waals surface area (Å²) in [6.45, 7) is 8.78. The van der Waals surface area contributed by atoms with Crippen LogP contribution in [0.1, 0.15) is 34.1 Å². The van der Waals surface area contributed by atoms with Gasteiger partial charge < -0.3 is 0 Å². The Labute approximate surface area is 71.0 Å². The summed E-state index contributed by atoms with van der Waals surface area (Å²) in [7, 11) is 4.21. The van der Waals surface area contributed by atoms with E-state index in [2.05, 4.69) is 52.0 Å². The van der Waals surface area contributed by atoms with Crippen molar-refractivity contribution in [1.82, 2.24) is 10.2 Å². The van der Waals surface area contributed by atoms with Gasteiger partial charge in [-0.1, -0.05) is 6.92 Å². The van der Waals surface area contributed by atoms with Crippen molar-refractivity contribution >= 4 is 0 Å². The van der Waals surface area contributed by atoms with Gasteiger partial charge in [-0.2, -0.15) is 0 Å². The summed E-state index contributed by atoms with van der Waals surface area (Å²) < 4.78 is 0. The maximum atomic E-state index is 3.53. The average Bonchev–Trinajstić information content (AvgIpc) is 1.80. The third kappa shape index (κ3) is 5.22. The molecule has 0 saturated carbocycles. The highest BCUT2D eigenvalue weighted by Gasteiger charge is 2.16. The lowest BCUT2D eigenvalue weighted by Crippen LogP contribution is -2.50. The normalized spacial score (nSPS) is 15.5. The molecular formula is C9H22N2. The molecule has 0 rings (SSSR count). The van der Waals surface area contributed by atoms with Gasteiger partial charge in [0.15, 0.2) is 0 Å². The van der Waals surface area contributed by atoms with Crippen LogP contribution in [0.15, 0.2) is 0 Å². The highest BCUT2D eigenvalue weighted by molar-refractivity contribution is 4.75. The molecule has 0 radical (unpaired) electrons. The minimum absolute atomic E-state index is 0.213. The molecule has 0 aromatic carbocycles. The zero-order valence-corrected chi connectivity index (χ0v) is 8.73. The number of rotatable bonds is 3. The molecule has 1 unspecified atom stereocenters. The molecule has 0 bridgehead atoms. The third-order valence-corrected chi connectivity index (χ3v) is 1.61. The van der Waals surface area contributed by atoms with Crippen LogP contribution < -0.4 is 5.32 Å². The van der Waals surface area contributed by atoms with Crippen molar-refractivity contribution in [2.24, 2.45) is 0 Å². The zero-order valence-electron chi connectivity index (χ0n) is 8.73. The second kappa shape index (κ2) is 4.07. The van der Waals surface area contributed by atoms with Gasteiger partial charge in [-0.15, -0.1) is 0 Å². The molecule has 0 aliphatic heterocycles. The molecule has 0 heterocycles. The van der Waals surface area contributed by atoms with Gasteiger partial charge in [0.25, 0.3) is 0 Å². The van der Waals surface area contributed by atoms with Crippen LogP contribution in [0.2, 0.25) is 0 Å². The molecule has 68 valence electrons. The Morgan fingerprint density at radius 1 is 1.27 bits per heavy atom. The summed E-state index contributed by atoms with van der Waals surface area (Å²) in [6, 6.07) is 0. The largest absolute Gasteiger partial charge is 0.297 e. The Hall–Kier alpha value is -0.0800. The Bertz CT molecular complexity index is 103. The first-order valence-electron chi connectivity index (χ1n) is 4.31. The molecule has 0 aliphatic carbocycles. The SMILES string of the molecule is CCC(NC(C)(C)C)N(C)C. The molecular weight excluding hydrogens is 136 g/mol. The van der Waals surface area contributed by atoms with Crippen LogP contribution in [0.5, 0.6) is 0 Å². The van der Waals surface area contributed by atoms with Crippen molar-refractivity contribution in [3.05, 3.63) is 0 Å². The smallest absolute Gasteiger partial charge is 0.0593 e. The Morgan fingerprint density at radius 3 is 1.82 bits per heavy atom. The lowest BCUT2D eigenvalue weighted by atomic mass is 10.1. The van der Waals surface area contributed by atoms with Gasteiger partial charge in [-0.3, -0.25) is 10.2 Å². The average molecular weight is 158 g/mol. The van der Waals surface area contributed by atoms with Crippen LogP contribution in [0, 0.1) is 0 Å². The Balaban J connectivity index is 3.88. The summed E-state index contributed by atoms with van der Waals surface area (Å²) in [5, 5.41) is 3.53. The first-order chi connectivity index (χ1) is 4.87. The van der Waals surface area contributed by atoms with E-state index in [-0.39, 0.29) is 5.54 Å². The van der Waals surface area contributed by atoms with Gasteiger partial charge in [0.2, 0.25) is 0 Å². The number of nitrogens with zero attached hydrogens (tertiary/aromatic N) is 1. The molecule has 0 aromatic rings. The van der Waals surface area contributed by atoms with Crippen LogP contribution in [-0.2, 0) is 0 Å². The summed E-state index contributed by atoms with van der Waals surface area (Å²) in [4.78, 5) is 2.21. The van der Waals surface area contributed by atoms with E-state index in [0.29, 0.717) is 6.17 Å². The standard InChI is InChI=1S/C9H22N2/c1-7-8(11(5)6)10-9(2,3)4/h8,10H,7H2,1-6H3. The van der Waals surface area contributed by atoms with Crippen molar-refractivity contribution in [2.45, 2.75) is 45.8 Å². The van der Waals surface area contributed by atoms with E-state index in [0.717, 1.165) is 6.42 Å². The van der Waals surface area contributed by atoms with E-state index >= 15 is 0 Å². The van der Waals surface area contributed by atoms with Gasteiger partial charge in [-0.05, 0) is 41.3 Å². The van der Waals surface area contributed by atoms with Crippen molar-refractivity contribution < 1.29 is 0 Å². The molecule has 1 atom stereocenters. The van der Waals surface area contributed by atoms with Gasteiger partial charge in [-0.25, -0.2) is 0 Å². The van der Waals surface area contributed by atoms with Gasteiger partial charge >= 0.3 is 0 Å². The Kier molecular flexibility index (Phi) is 4.04.